The third-order valence-electron chi connectivity index (χ3n) is 5.39. The molecule has 0 radical (unpaired) electrons. The summed E-state index contributed by atoms with van der Waals surface area (Å²) in [6, 6.07) is 17.3. The van der Waals surface area contributed by atoms with Crippen molar-refractivity contribution in [1.82, 2.24) is 20.0 Å². The predicted molar refractivity (Wildman–Crippen MR) is 120 cm³/mol. The number of nitrogens with one attached hydrogen (secondary N) is 1. The van der Waals surface area contributed by atoms with E-state index in [1.165, 1.54) is 11.1 Å². The molecule has 6 nitrogen and oxygen atoms in total. The van der Waals surface area contributed by atoms with E-state index in [9.17, 15) is 9.59 Å². The van der Waals surface area contributed by atoms with E-state index in [-0.39, 0.29) is 17.5 Å². The molecule has 7 heteroatoms. The number of nitrogens with zero attached hydrogens (tertiary/aromatic N) is 3. The van der Waals surface area contributed by atoms with Gasteiger partial charge in [0.1, 0.15) is 5.69 Å². The lowest BCUT2D eigenvalue weighted by molar-refractivity contribution is 0.0745. The number of carbonyl (C=O) groups is 2. The first-order valence-corrected chi connectivity index (χ1v) is 10.8. The molecule has 0 saturated carbocycles. The molecule has 0 unspecified atom stereocenters. The molecule has 4 rings (SSSR count). The number of hydrogen-bond acceptors (Lipinski definition) is 3. The molecule has 0 saturated heterocycles. The van der Waals surface area contributed by atoms with Gasteiger partial charge >= 0.3 is 0 Å². The fourth-order valence-corrected chi connectivity index (χ4v) is 3.91. The number of hydrogen-bond donors (Lipinski definition) is 1. The molecule has 0 aliphatic carbocycles. The first-order chi connectivity index (χ1) is 15.0. The Kier molecular flexibility index (Phi) is 6.37. The van der Waals surface area contributed by atoms with Crippen LogP contribution in [0, 0.1) is 6.92 Å². The Morgan fingerprint density at radius 2 is 1.90 bits per heavy atom. The molecule has 0 atom stereocenters. The van der Waals surface area contributed by atoms with Crippen LogP contribution in [0.2, 0.25) is 5.02 Å². The van der Waals surface area contributed by atoms with Gasteiger partial charge in [-0.05, 0) is 43.0 Å². The van der Waals surface area contributed by atoms with Crippen molar-refractivity contribution in [2.45, 2.75) is 32.9 Å². The molecule has 1 aliphatic heterocycles. The Labute approximate surface area is 186 Å². The van der Waals surface area contributed by atoms with Gasteiger partial charge in [-0.2, -0.15) is 5.10 Å². The maximum Gasteiger partial charge on any atom is 0.272 e. The number of fused-ring (bicyclic) bond motifs is 1. The molecule has 31 heavy (non-hydrogen) atoms. The highest BCUT2D eigenvalue weighted by Gasteiger charge is 2.26. The molecule has 0 fully saturated rings. The van der Waals surface area contributed by atoms with E-state index in [0.29, 0.717) is 36.9 Å². The summed E-state index contributed by atoms with van der Waals surface area (Å²) in [5.74, 6) is -0.371. The SMILES string of the molecule is Cc1cccc(CCNC(=O)c2cc3n(n2)CCCN(Cc2ccc(Cl)cc2)C3=O)c1. The van der Waals surface area contributed by atoms with Crippen LogP contribution < -0.4 is 5.32 Å². The molecule has 1 aliphatic rings. The third-order valence-corrected chi connectivity index (χ3v) is 5.64. The van der Waals surface area contributed by atoms with Gasteiger partial charge in [-0.25, -0.2) is 0 Å². The van der Waals surface area contributed by atoms with Crippen molar-refractivity contribution in [3.63, 3.8) is 0 Å². The zero-order chi connectivity index (χ0) is 21.8. The van der Waals surface area contributed by atoms with Crippen molar-refractivity contribution in [3.05, 3.63) is 87.7 Å². The number of carbonyl (C=O) groups excluding carboxylic acids is 2. The van der Waals surface area contributed by atoms with Gasteiger partial charge in [0.2, 0.25) is 0 Å². The average Bonchev–Trinajstić information content (AvgIpc) is 3.12. The number of rotatable bonds is 6. The maximum atomic E-state index is 13.1. The molecule has 1 N–H and O–H groups in total. The van der Waals surface area contributed by atoms with E-state index in [2.05, 4.69) is 16.5 Å². The smallest absolute Gasteiger partial charge is 0.272 e. The van der Waals surface area contributed by atoms with Crippen LogP contribution in [0.25, 0.3) is 0 Å². The fourth-order valence-electron chi connectivity index (χ4n) is 3.78. The maximum absolute atomic E-state index is 13.1. The molecule has 2 aromatic carbocycles. The highest BCUT2D eigenvalue weighted by atomic mass is 35.5. The summed E-state index contributed by atoms with van der Waals surface area (Å²) < 4.78 is 1.65. The van der Waals surface area contributed by atoms with Gasteiger partial charge in [0.15, 0.2) is 5.69 Å². The van der Waals surface area contributed by atoms with Crippen molar-refractivity contribution < 1.29 is 9.59 Å². The summed E-state index contributed by atoms with van der Waals surface area (Å²) in [7, 11) is 0. The number of aromatic nitrogens is 2. The van der Waals surface area contributed by atoms with Crippen LogP contribution in [-0.2, 0) is 19.5 Å². The average molecular weight is 437 g/mol. The second-order valence-corrected chi connectivity index (χ2v) is 8.28. The molecule has 3 aromatic rings. The monoisotopic (exact) mass is 436 g/mol. The van der Waals surface area contributed by atoms with Crippen molar-refractivity contribution in [3.8, 4) is 0 Å². The van der Waals surface area contributed by atoms with E-state index < -0.39 is 0 Å². The highest BCUT2D eigenvalue weighted by Crippen LogP contribution is 2.18. The Morgan fingerprint density at radius 1 is 1.10 bits per heavy atom. The number of benzene rings is 2. The molecule has 0 spiro atoms. The minimum Gasteiger partial charge on any atom is -0.350 e. The summed E-state index contributed by atoms with van der Waals surface area (Å²) in [4.78, 5) is 27.5. The van der Waals surface area contributed by atoms with Gasteiger partial charge in [-0.3, -0.25) is 14.3 Å². The normalized spacial score (nSPS) is 13.6. The third kappa shape index (κ3) is 5.14. The highest BCUT2D eigenvalue weighted by molar-refractivity contribution is 6.30. The molecule has 1 aromatic heterocycles. The van der Waals surface area contributed by atoms with Crippen LogP contribution in [0.1, 0.15) is 44.1 Å². The van der Waals surface area contributed by atoms with E-state index in [0.717, 1.165) is 18.4 Å². The Bertz CT molecular complexity index is 1090. The second-order valence-electron chi connectivity index (χ2n) is 7.84. The predicted octanol–water partition coefficient (Wildman–Crippen LogP) is 3.86. The second kappa shape index (κ2) is 9.35. The van der Waals surface area contributed by atoms with Crippen LogP contribution in [0.4, 0.5) is 0 Å². The van der Waals surface area contributed by atoms with Crippen LogP contribution in [0.5, 0.6) is 0 Å². The number of halogens is 1. The summed E-state index contributed by atoms with van der Waals surface area (Å²) in [6.07, 6.45) is 1.53. The standard InChI is InChI=1S/C24H25ClN4O2/c1-17-4-2-5-18(14-17)10-11-26-23(30)21-15-22-24(31)28(12-3-13-29(22)27-21)16-19-6-8-20(25)9-7-19/h2,4-9,14-15H,3,10-13,16H2,1H3,(H,26,30). The van der Waals surface area contributed by atoms with E-state index in [1.807, 2.05) is 49.4 Å². The van der Waals surface area contributed by atoms with Crippen molar-refractivity contribution in [2.24, 2.45) is 0 Å². The van der Waals surface area contributed by atoms with Crippen LogP contribution in [0.15, 0.2) is 54.6 Å². The molecule has 0 bridgehead atoms. The molecular weight excluding hydrogens is 412 g/mol. The fraction of sp³-hybridized carbons (Fsp3) is 0.292. The topological polar surface area (TPSA) is 67.2 Å². The van der Waals surface area contributed by atoms with Gasteiger partial charge in [0.05, 0.1) is 0 Å². The van der Waals surface area contributed by atoms with Crippen molar-refractivity contribution in [1.29, 1.82) is 0 Å². The summed E-state index contributed by atoms with van der Waals surface area (Å²) in [6.45, 7) is 4.31. The van der Waals surface area contributed by atoms with Crippen molar-refractivity contribution in [2.75, 3.05) is 13.1 Å². The zero-order valence-corrected chi connectivity index (χ0v) is 18.2. The van der Waals surface area contributed by atoms with Crippen LogP contribution >= 0.6 is 11.6 Å². The summed E-state index contributed by atoms with van der Waals surface area (Å²) in [5.41, 5.74) is 4.12. The minimum absolute atomic E-state index is 0.112. The summed E-state index contributed by atoms with van der Waals surface area (Å²) >= 11 is 5.96. The Morgan fingerprint density at radius 3 is 2.68 bits per heavy atom. The molecule has 2 heterocycles. The van der Waals surface area contributed by atoms with Gasteiger partial charge in [-0.15, -0.1) is 0 Å². The lowest BCUT2D eigenvalue weighted by Crippen LogP contribution is -2.30. The lowest BCUT2D eigenvalue weighted by atomic mass is 10.1. The van der Waals surface area contributed by atoms with Crippen molar-refractivity contribution >= 4 is 23.4 Å². The van der Waals surface area contributed by atoms with Crippen LogP contribution in [-0.4, -0.2) is 39.6 Å². The molecule has 2 amide bonds. The Balaban J connectivity index is 1.41. The first-order valence-electron chi connectivity index (χ1n) is 10.4. The van der Waals surface area contributed by atoms with Crippen LogP contribution in [0.3, 0.4) is 0 Å². The van der Waals surface area contributed by atoms with E-state index in [4.69, 9.17) is 11.6 Å². The van der Waals surface area contributed by atoms with E-state index >= 15 is 0 Å². The first kappa shape index (κ1) is 21.1. The quantitative estimate of drug-likeness (QED) is 0.638. The van der Waals surface area contributed by atoms with Gasteiger partial charge < -0.3 is 10.2 Å². The summed E-state index contributed by atoms with van der Waals surface area (Å²) in [5, 5.41) is 7.97. The molecule has 160 valence electrons. The molecular formula is C24H25ClN4O2. The zero-order valence-electron chi connectivity index (χ0n) is 17.5. The number of amides is 2. The van der Waals surface area contributed by atoms with Gasteiger partial charge in [0, 0.05) is 37.3 Å². The number of aryl methyl sites for hydroxylation is 2. The Hall–Kier alpha value is -3.12. The largest absolute Gasteiger partial charge is 0.350 e. The van der Waals surface area contributed by atoms with E-state index in [1.54, 1.807) is 15.6 Å². The lowest BCUT2D eigenvalue weighted by Gasteiger charge is -2.20. The van der Waals surface area contributed by atoms with Gasteiger partial charge in [-0.1, -0.05) is 53.6 Å². The van der Waals surface area contributed by atoms with Gasteiger partial charge in [0.25, 0.3) is 11.8 Å². The minimum atomic E-state index is -0.259.